The monoisotopic (exact) mass is 455 g/mol. The van der Waals surface area contributed by atoms with E-state index in [9.17, 15) is 9.90 Å². The predicted molar refractivity (Wildman–Crippen MR) is 104 cm³/mol. The Balaban J connectivity index is 1.70. The first-order chi connectivity index (χ1) is 11.6. The summed E-state index contributed by atoms with van der Waals surface area (Å²) in [5.41, 5.74) is 2.68. The summed E-state index contributed by atoms with van der Waals surface area (Å²) in [6, 6.07) is 5.41. The number of nitrogens with one attached hydrogen (secondary N) is 2. The van der Waals surface area contributed by atoms with Crippen LogP contribution in [0.5, 0.6) is 5.75 Å². The lowest BCUT2D eigenvalue weighted by Crippen LogP contribution is -2.39. The van der Waals surface area contributed by atoms with Crippen molar-refractivity contribution in [2.24, 2.45) is 0 Å². The van der Waals surface area contributed by atoms with Gasteiger partial charge in [-0.2, -0.15) is 0 Å². The van der Waals surface area contributed by atoms with E-state index in [1.54, 1.807) is 17.4 Å². The third-order valence-corrected chi connectivity index (χ3v) is 6.48. The van der Waals surface area contributed by atoms with Gasteiger partial charge in [0.05, 0.1) is 5.56 Å². The summed E-state index contributed by atoms with van der Waals surface area (Å²) in [4.78, 5) is 16.4. The molecule has 1 aromatic heterocycles. The van der Waals surface area contributed by atoms with Crippen molar-refractivity contribution in [3.05, 3.63) is 43.3 Å². The number of carbonyl (C=O) groups is 1. The number of likely N-dealkylation sites (N-methyl/N-ethyl adjacent to an activating group) is 1. The topological polar surface area (TPSA) is 64.6 Å². The van der Waals surface area contributed by atoms with Crippen molar-refractivity contribution in [1.82, 2.24) is 10.2 Å². The molecule has 0 radical (unpaired) electrons. The molecule has 2 aliphatic heterocycles. The van der Waals surface area contributed by atoms with E-state index < -0.39 is 6.17 Å². The Labute approximate surface area is 158 Å². The molecule has 24 heavy (non-hydrogen) atoms. The van der Waals surface area contributed by atoms with Gasteiger partial charge in [-0.05, 0) is 59.3 Å². The van der Waals surface area contributed by atoms with E-state index in [4.69, 9.17) is 0 Å². The lowest BCUT2D eigenvalue weighted by atomic mass is 10.00. The Kier molecular flexibility index (Phi) is 4.17. The molecule has 1 atom stereocenters. The van der Waals surface area contributed by atoms with E-state index >= 15 is 0 Å². The summed E-state index contributed by atoms with van der Waals surface area (Å²) in [5.74, 6) is 0.143. The summed E-state index contributed by atoms with van der Waals surface area (Å²) < 4.78 is 1.02. The predicted octanol–water partition coefficient (Wildman–Crippen LogP) is 3.29. The van der Waals surface area contributed by atoms with Crippen LogP contribution in [0.3, 0.4) is 0 Å². The molecule has 126 valence electrons. The number of hydrogen-bond acceptors (Lipinski definition) is 5. The highest BCUT2D eigenvalue weighted by Crippen LogP contribution is 2.41. The minimum absolute atomic E-state index is 0.0468. The van der Waals surface area contributed by atoms with Crippen LogP contribution < -0.4 is 10.6 Å². The first-order valence-electron chi connectivity index (χ1n) is 7.99. The molecule has 5 nitrogen and oxygen atoms in total. The number of thiophene rings is 1. The molecule has 4 rings (SSSR count). The van der Waals surface area contributed by atoms with E-state index in [0.717, 1.165) is 40.2 Å². The smallest absolute Gasteiger partial charge is 0.256 e. The number of hydrogen-bond donors (Lipinski definition) is 3. The number of fused-ring (bicyclic) bond motifs is 3. The first-order valence-corrected chi connectivity index (χ1v) is 9.89. The van der Waals surface area contributed by atoms with Gasteiger partial charge in [-0.1, -0.05) is 6.92 Å². The second-order valence-corrected chi connectivity index (χ2v) is 8.43. The quantitative estimate of drug-likeness (QED) is 0.609. The van der Waals surface area contributed by atoms with E-state index in [-0.39, 0.29) is 11.7 Å². The van der Waals surface area contributed by atoms with Crippen LogP contribution in [-0.4, -0.2) is 29.0 Å². The Hall–Kier alpha value is -1.32. The zero-order chi connectivity index (χ0) is 16.8. The number of halogens is 1. The van der Waals surface area contributed by atoms with Crippen molar-refractivity contribution in [1.29, 1.82) is 0 Å². The molecule has 0 saturated carbocycles. The third kappa shape index (κ3) is 2.68. The van der Waals surface area contributed by atoms with Crippen LogP contribution in [0.25, 0.3) is 0 Å². The molecule has 7 heteroatoms. The highest BCUT2D eigenvalue weighted by atomic mass is 127. The number of nitrogens with zero attached hydrogens (tertiary/aromatic N) is 1. The van der Waals surface area contributed by atoms with Crippen molar-refractivity contribution < 1.29 is 9.90 Å². The van der Waals surface area contributed by atoms with Crippen LogP contribution in [0.15, 0.2) is 18.2 Å². The molecule has 1 aromatic carbocycles. The maximum atomic E-state index is 12.7. The van der Waals surface area contributed by atoms with Crippen molar-refractivity contribution in [2.75, 3.05) is 18.4 Å². The third-order valence-electron chi connectivity index (χ3n) is 4.66. The van der Waals surface area contributed by atoms with E-state index in [2.05, 4.69) is 45.0 Å². The number of benzene rings is 1. The van der Waals surface area contributed by atoms with Gasteiger partial charge in [-0.25, -0.2) is 0 Å². The molecule has 0 aliphatic carbocycles. The van der Waals surface area contributed by atoms with Gasteiger partial charge in [-0.15, -0.1) is 11.3 Å². The Bertz CT molecular complexity index is 820. The van der Waals surface area contributed by atoms with Crippen LogP contribution in [0.4, 0.5) is 5.00 Å². The summed E-state index contributed by atoms with van der Waals surface area (Å²) in [6.07, 6.45) is 0.519. The van der Waals surface area contributed by atoms with Gasteiger partial charge in [0.25, 0.3) is 5.91 Å². The van der Waals surface area contributed by atoms with Gasteiger partial charge in [0.15, 0.2) is 0 Å². The Morgan fingerprint density at radius 3 is 3.04 bits per heavy atom. The second-order valence-electron chi connectivity index (χ2n) is 6.08. The van der Waals surface area contributed by atoms with Crippen molar-refractivity contribution in [3.63, 3.8) is 0 Å². The van der Waals surface area contributed by atoms with Crippen molar-refractivity contribution in [2.45, 2.75) is 26.1 Å². The average Bonchev–Trinajstić information content (AvgIpc) is 2.94. The molecular weight excluding hydrogens is 437 g/mol. The summed E-state index contributed by atoms with van der Waals surface area (Å²) in [6.45, 7) is 5.11. The van der Waals surface area contributed by atoms with Gasteiger partial charge in [0.1, 0.15) is 16.9 Å². The highest BCUT2D eigenvalue weighted by Gasteiger charge is 2.33. The summed E-state index contributed by atoms with van der Waals surface area (Å²) in [7, 11) is 0. The molecule has 0 fully saturated rings. The minimum Gasteiger partial charge on any atom is -0.508 e. The first kappa shape index (κ1) is 16.2. The molecule has 0 bridgehead atoms. The van der Waals surface area contributed by atoms with Crippen LogP contribution >= 0.6 is 33.9 Å². The van der Waals surface area contributed by atoms with Crippen LogP contribution in [0, 0.1) is 3.57 Å². The van der Waals surface area contributed by atoms with E-state index in [0.29, 0.717) is 5.56 Å². The standard InChI is InChI=1S/C17H18IN3O2S/c1-2-21-6-5-10-13(8-21)24-17-14(10)16(23)19-15(20-17)11-7-9(18)3-4-12(11)22/h3-4,7,15,20,22H,2,5-6,8H2,1H3,(H,19,23)/t15-/m1/s1. The van der Waals surface area contributed by atoms with Crippen molar-refractivity contribution in [3.8, 4) is 5.75 Å². The van der Waals surface area contributed by atoms with Crippen LogP contribution in [0.1, 0.15) is 39.5 Å². The van der Waals surface area contributed by atoms with Gasteiger partial charge in [0.2, 0.25) is 0 Å². The second kappa shape index (κ2) is 6.20. The van der Waals surface area contributed by atoms with E-state index in [1.807, 2.05) is 12.1 Å². The normalized spacial score (nSPS) is 20.1. The van der Waals surface area contributed by atoms with Gasteiger partial charge in [-0.3, -0.25) is 9.69 Å². The number of carbonyl (C=O) groups excluding carboxylic acids is 1. The van der Waals surface area contributed by atoms with E-state index in [1.165, 1.54) is 10.4 Å². The highest BCUT2D eigenvalue weighted by molar-refractivity contribution is 14.1. The summed E-state index contributed by atoms with van der Waals surface area (Å²) in [5, 5.41) is 17.5. The largest absolute Gasteiger partial charge is 0.508 e. The maximum absolute atomic E-state index is 12.7. The average molecular weight is 455 g/mol. The molecule has 2 aromatic rings. The molecule has 2 aliphatic rings. The molecule has 3 heterocycles. The minimum atomic E-state index is -0.401. The SMILES string of the molecule is CCN1CCc2c(sc3c2C(=O)N[C@@H](c2cc(I)ccc2O)N3)C1. The number of phenols is 1. The Morgan fingerprint density at radius 2 is 2.25 bits per heavy atom. The molecular formula is C17H18IN3O2S. The number of anilines is 1. The van der Waals surface area contributed by atoms with Gasteiger partial charge < -0.3 is 15.7 Å². The number of aromatic hydroxyl groups is 1. The summed E-state index contributed by atoms with van der Waals surface area (Å²) >= 11 is 3.88. The fourth-order valence-electron chi connectivity index (χ4n) is 3.35. The molecule has 1 amide bonds. The van der Waals surface area contributed by atoms with Crippen LogP contribution in [-0.2, 0) is 13.0 Å². The van der Waals surface area contributed by atoms with Crippen molar-refractivity contribution >= 4 is 44.8 Å². The fraction of sp³-hybridized carbons (Fsp3) is 0.353. The number of amides is 1. The fourth-order valence-corrected chi connectivity index (χ4v) is 5.18. The van der Waals surface area contributed by atoms with Gasteiger partial charge in [0, 0.05) is 27.1 Å². The number of phenolic OH excluding ortho intramolecular Hbond substituents is 1. The number of rotatable bonds is 2. The Morgan fingerprint density at radius 1 is 1.42 bits per heavy atom. The zero-order valence-corrected chi connectivity index (χ0v) is 16.2. The lowest BCUT2D eigenvalue weighted by molar-refractivity contribution is 0.0934. The van der Waals surface area contributed by atoms with Crippen LogP contribution in [0.2, 0.25) is 0 Å². The molecule has 0 unspecified atom stereocenters. The molecule has 0 saturated heterocycles. The zero-order valence-electron chi connectivity index (χ0n) is 13.2. The lowest BCUT2D eigenvalue weighted by Gasteiger charge is -2.28. The molecule has 3 N–H and O–H groups in total. The maximum Gasteiger partial charge on any atom is 0.256 e. The van der Waals surface area contributed by atoms with Gasteiger partial charge >= 0.3 is 0 Å². The molecule has 0 spiro atoms.